The van der Waals surface area contributed by atoms with Gasteiger partial charge < -0.3 is 4.57 Å². The number of hydrogen-bond acceptors (Lipinski definition) is 2. The Morgan fingerprint density at radius 3 is 2.76 bits per heavy atom. The zero-order valence-electron chi connectivity index (χ0n) is 12.6. The van der Waals surface area contributed by atoms with Gasteiger partial charge in [-0.1, -0.05) is 36.8 Å². The number of fused-ring (bicyclic) bond motifs is 1. The van der Waals surface area contributed by atoms with Gasteiger partial charge in [-0.15, -0.1) is 11.6 Å². The fourth-order valence-electron chi connectivity index (χ4n) is 2.79. The van der Waals surface area contributed by atoms with Gasteiger partial charge in [-0.25, -0.2) is 4.98 Å². The van der Waals surface area contributed by atoms with Gasteiger partial charge in [0, 0.05) is 7.05 Å². The molecule has 1 aromatic carbocycles. The first-order chi connectivity index (χ1) is 10.1. The van der Waals surface area contributed by atoms with Crippen LogP contribution in [0.3, 0.4) is 0 Å². The van der Waals surface area contributed by atoms with E-state index in [0.717, 1.165) is 35.6 Å². The maximum atomic E-state index is 6.09. The van der Waals surface area contributed by atoms with Crippen LogP contribution >= 0.6 is 11.6 Å². The van der Waals surface area contributed by atoms with Crippen LogP contribution in [0.2, 0.25) is 0 Å². The number of halogens is 1. The Balaban J connectivity index is 2.14. The second kappa shape index (κ2) is 5.53. The van der Waals surface area contributed by atoms with Gasteiger partial charge in [0.05, 0.1) is 18.1 Å². The molecule has 3 rings (SSSR count). The summed E-state index contributed by atoms with van der Waals surface area (Å²) in [5.41, 5.74) is 5.56. The topological polar surface area (TPSA) is 35.6 Å². The van der Waals surface area contributed by atoms with Crippen molar-refractivity contribution in [3.63, 3.8) is 0 Å². The van der Waals surface area contributed by atoms with Crippen molar-refractivity contribution in [3.8, 4) is 0 Å². The molecular formula is C16H19ClN4. The van der Waals surface area contributed by atoms with E-state index in [-0.39, 0.29) is 0 Å². The number of nitrogens with zero attached hydrogens (tertiary/aromatic N) is 4. The molecule has 0 spiro atoms. The van der Waals surface area contributed by atoms with Crippen LogP contribution in [0.4, 0.5) is 0 Å². The molecule has 0 fully saturated rings. The molecule has 4 nitrogen and oxygen atoms in total. The summed E-state index contributed by atoms with van der Waals surface area (Å²) in [5, 5.41) is 4.55. The predicted octanol–water partition coefficient (Wildman–Crippen LogP) is 3.43. The molecule has 0 unspecified atom stereocenters. The third-order valence-electron chi connectivity index (χ3n) is 3.75. The molecule has 0 bridgehead atoms. The number of imidazole rings is 1. The Bertz CT molecular complexity index is 785. The first-order valence-corrected chi connectivity index (χ1v) is 7.70. The normalized spacial score (nSPS) is 11.4. The molecule has 0 saturated heterocycles. The Hall–Kier alpha value is -1.81. The maximum absolute atomic E-state index is 6.09. The molecule has 0 radical (unpaired) electrons. The van der Waals surface area contributed by atoms with E-state index in [0.29, 0.717) is 5.88 Å². The highest BCUT2D eigenvalue weighted by atomic mass is 35.5. The summed E-state index contributed by atoms with van der Waals surface area (Å²) in [7, 11) is 1.97. The smallest absolute Gasteiger partial charge is 0.159 e. The van der Waals surface area contributed by atoms with Crippen molar-refractivity contribution in [1.82, 2.24) is 19.3 Å². The monoisotopic (exact) mass is 302 g/mol. The van der Waals surface area contributed by atoms with Gasteiger partial charge in [-0.05, 0) is 18.9 Å². The summed E-state index contributed by atoms with van der Waals surface area (Å²) in [5.74, 6) is 1.31. The molecule has 0 atom stereocenters. The summed E-state index contributed by atoms with van der Waals surface area (Å²) >= 11 is 6.09. The van der Waals surface area contributed by atoms with Crippen molar-refractivity contribution < 1.29 is 0 Å². The summed E-state index contributed by atoms with van der Waals surface area (Å²) in [4.78, 5) is 4.69. The largest absolute Gasteiger partial charge is 0.307 e. The lowest BCUT2D eigenvalue weighted by molar-refractivity contribution is 0.697. The van der Waals surface area contributed by atoms with Gasteiger partial charge in [-0.3, -0.25) is 4.68 Å². The molecule has 0 saturated carbocycles. The lowest BCUT2D eigenvalue weighted by atomic mass is 10.1. The lowest BCUT2D eigenvalue weighted by Crippen LogP contribution is -2.07. The number of benzene rings is 1. The lowest BCUT2D eigenvalue weighted by Gasteiger charge is -2.09. The van der Waals surface area contributed by atoms with Crippen LogP contribution in [0.1, 0.15) is 29.6 Å². The average molecular weight is 303 g/mol. The van der Waals surface area contributed by atoms with E-state index in [9.17, 15) is 0 Å². The van der Waals surface area contributed by atoms with Gasteiger partial charge in [0.15, 0.2) is 5.65 Å². The first-order valence-electron chi connectivity index (χ1n) is 7.16. The number of aryl methyl sites for hydroxylation is 3. The molecule has 2 heterocycles. The Morgan fingerprint density at radius 1 is 1.29 bits per heavy atom. The van der Waals surface area contributed by atoms with Crippen molar-refractivity contribution in [1.29, 1.82) is 0 Å². The summed E-state index contributed by atoms with van der Waals surface area (Å²) in [6, 6.07) is 8.52. The van der Waals surface area contributed by atoms with Crippen LogP contribution in [0, 0.1) is 6.92 Å². The second-order valence-electron chi connectivity index (χ2n) is 5.33. The molecule has 21 heavy (non-hydrogen) atoms. The van der Waals surface area contributed by atoms with Gasteiger partial charge in [0.25, 0.3) is 0 Å². The number of alkyl halides is 1. The summed E-state index contributed by atoms with van der Waals surface area (Å²) in [6.07, 6.45) is 0.876. The summed E-state index contributed by atoms with van der Waals surface area (Å²) < 4.78 is 4.08. The van der Waals surface area contributed by atoms with Crippen LogP contribution in [0.15, 0.2) is 24.3 Å². The minimum absolute atomic E-state index is 0.406. The highest BCUT2D eigenvalue weighted by molar-refractivity contribution is 6.16. The third-order valence-corrected chi connectivity index (χ3v) is 3.99. The average Bonchev–Trinajstić information content (AvgIpc) is 2.97. The first kappa shape index (κ1) is 14.1. The van der Waals surface area contributed by atoms with E-state index in [1.807, 2.05) is 11.7 Å². The zero-order chi connectivity index (χ0) is 15.0. The SMILES string of the molecule is CCc1nn(C)c2c1nc(CCl)n2Cc1cccc(C)c1. The van der Waals surface area contributed by atoms with Crippen molar-refractivity contribution >= 4 is 22.8 Å². The number of rotatable bonds is 4. The van der Waals surface area contributed by atoms with Crippen LogP contribution in [0.5, 0.6) is 0 Å². The summed E-state index contributed by atoms with van der Waals surface area (Å²) in [6.45, 7) is 4.97. The van der Waals surface area contributed by atoms with Crippen LogP contribution in [0.25, 0.3) is 11.2 Å². The van der Waals surface area contributed by atoms with Gasteiger partial charge >= 0.3 is 0 Å². The quantitative estimate of drug-likeness (QED) is 0.692. The van der Waals surface area contributed by atoms with Gasteiger partial charge in [0.1, 0.15) is 11.3 Å². The van der Waals surface area contributed by atoms with E-state index in [1.165, 1.54) is 11.1 Å². The van der Waals surface area contributed by atoms with E-state index in [2.05, 4.69) is 52.8 Å². The van der Waals surface area contributed by atoms with Gasteiger partial charge in [0.2, 0.25) is 0 Å². The molecule has 0 amide bonds. The van der Waals surface area contributed by atoms with E-state index in [1.54, 1.807) is 0 Å². The maximum Gasteiger partial charge on any atom is 0.159 e. The fourth-order valence-corrected chi connectivity index (χ4v) is 2.99. The minimum Gasteiger partial charge on any atom is -0.307 e. The highest BCUT2D eigenvalue weighted by Crippen LogP contribution is 2.22. The van der Waals surface area contributed by atoms with Crippen LogP contribution in [-0.2, 0) is 25.9 Å². The zero-order valence-corrected chi connectivity index (χ0v) is 13.4. The van der Waals surface area contributed by atoms with Gasteiger partial charge in [-0.2, -0.15) is 5.10 Å². The van der Waals surface area contributed by atoms with E-state index < -0.39 is 0 Å². The minimum atomic E-state index is 0.406. The Morgan fingerprint density at radius 2 is 2.10 bits per heavy atom. The Labute approximate surface area is 129 Å². The van der Waals surface area contributed by atoms with Crippen molar-refractivity contribution in [2.45, 2.75) is 32.7 Å². The molecule has 0 N–H and O–H groups in total. The van der Waals surface area contributed by atoms with Crippen molar-refractivity contribution in [3.05, 3.63) is 46.9 Å². The molecule has 0 aliphatic carbocycles. The van der Waals surface area contributed by atoms with Crippen molar-refractivity contribution in [2.24, 2.45) is 7.05 Å². The highest BCUT2D eigenvalue weighted by Gasteiger charge is 2.18. The second-order valence-corrected chi connectivity index (χ2v) is 5.60. The van der Waals surface area contributed by atoms with Crippen molar-refractivity contribution in [2.75, 3.05) is 0 Å². The fraction of sp³-hybridized carbons (Fsp3) is 0.375. The standard InChI is InChI=1S/C16H19ClN4/c1-4-13-15-16(20(3)19-13)21(14(9-17)18-15)10-12-7-5-6-11(2)8-12/h5-8H,4,9-10H2,1-3H3. The molecule has 2 aromatic heterocycles. The van der Waals surface area contributed by atoms with Crippen LogP contribution < -0.4 is 0 Å². The van der Waals surface area contributed by atoms with Crippen LogP contribution in [-0.4, -0.2) is 19.3 Å². The molecule has 5 heteroatoms. The van der Waals surface area contributed by atoms with E-state index in [4.69, 9.17) is 11.6 Å². The molecule has 110 valence electrons. The molecule has 3 aromatic rings. The van der Waals surface area contributed by atoms with E-state index >= 15 is 0 Å². The molecular weight excluding hydrogens is 284 g/mol. The number of hydrogen-bond donors (Lipinski definition) is 0. The molecule has 0 aliphatic heterocycles. The third kappa shape index (κ3) is 2.44. The molecule has 0 aliphatic rings. The predicted molar refractivity (Wildman–Crippen MR) is 85.7 cm³/mol. The Kier molecular flexibility index (Phi) is 3.72. The number of aromatic nitrogens is 4.